The van der Waals surface area contributed by atoms with Gasteiger partial charge in [0.15, 0.2) is 0 Å². The Labute approximate surface area is 92.8 Å². The fraction of sp³-hybridized carbons (Fsp3) is 1.00. The average Bonchev–Trinajstić information content (AvgIpc) is 2.21. The first kappa shape index (κ1) is 11.4. The Kier molecular flexibility index (Phi) is 2.82. The number of piperidine rings is 2. The topological polar surface area (TPSA) is 35.5 Å². The third-order valence-corrected chi connectivity index (χ3v) is 4.69. The van der Waals surface area contributed by atoms with Crippen LogP contribution in [0.25, 0.3) is 0 Å². The van der Waals surface area contributed by atoms with Gasteiger partial charge in [-0.25, -0.2) is 0 Å². The highest BCUT2D eigenvalue weighted by atomic mass is 16.3. The highest BCUT2D eigenvalue weighted by molar-refractivity contribution is 5.08. The van der Waals surface area contributed by atoms with Crippen molar-refractivity contribution in [2.24, 2.45) is 10.8 Å². The zero-order valence-electron chi connectivity index (χ0n) is 10.2. The molecule has 2 N–H and O–H groups in total. The monoisotopic (exact) mass is 212 g/mol. The van der Waals surface area contributed by atoms with Crippen LogP contribution >= 0.6 is 0 Å². The molecule has 2 aliphatic heterocycles. The molecule has 2 unspecified atom stereocenters. The molecule has 0 aromatic rings. The minimum atomic E-state index is -0.127. The maximum atomic E-state index is 10.6. The number of nitrogens with one attached hydrogen (secondary N) is 1. The molecule has 0 aromatic carbocycles. The van der Waals surface area contributed by atoms with E-state index in [9.17, 15) is 5.11 Å². The van der Waals surface area contributed by atoms with Crippen molar-refractivity contribution in [3.8, 4) is 0 Å². The van der Waals surface area contributed by atoms with Gasteiger partial charge in [0, 0.05) is 37.0 Å². The molecule has 3 nitrogen and oxygen atoms in total. The van der Waals surface area contributed by atoms with Crippen molar-refractivity contribution in [3.63, 3.8) is 0 Å². The van der Waals surface area contributed by atoms with Crippen LogP contribution in [0.4, 0.5) is 0 Å². The maximum Gasteiger partial charge on any atom is 0.0701 e. The second kappa shape index (κ2) is 3.72. The van der Waals surface area contributed by atoms with Crippen molar-refractivity contribution < 1.29 is 5.11 Å². The number of nitrogens with zero attached hydrogens (tertiary/aromatic N) is 1. The molecule has 0 aromatic heterocycles. The quantitative estimate of drug-likeness (QED) is 0.707. The van der Waals surface area contributed by atoms with Gasteiger partial charge in [0.05, 0.1) is 6.10 Å². The molecule has 0 spiro atoms. The van der Waals surface area contributed by atoms with Crippen molar-refractivity contribution >= 4 is 0 Å². The van der Waals surface area contributed by atoms with E-state index in [0.29, 0.717) is 0 Å². The van der Waals surface area contributed by atoms with Crippen LogP contribution in [-0.4, -0.2) is 49.3 Å². The van der Waals surface area contributed by atoms with Crippen molar-refractivity contribution in [2.75, 3.05) is 33.2 Å². The number of hydrogen-bond acceptors (Lipinski definition) is 3. The van der Waals surface area contributed by atoms with Crippen LogP contribution in [0.5, 0.6) is 0 Å². The zero-order valence-corrected chi connectivity index (χ0v) is 10.2. The van der Waals surface area contributed by atoms with Gasteiger partial charge >= 0.3 is 0 Å². The second-order valence-electron chi connectivity index (χ2n) is 5.61. The summed E-state index contributed by atoms with van der Waals surface area (Å²) in [6.07, 6.45) is 2.00. The van der Waals surface area contributed by atoms with E-state index in [2.05, 4.69) is 31.1 Å². The van der Waals surface area contributed by atoms with E-state index >= 15 is 0 Å². The van der Waals surface area contributed by atoms with Gasteiger partial charge in [-0.05, 0) is 19.9 Å². The lowest BCUT2D eigenvalue weighted by Gasteiger charge is -2.59. The first-order valence-corrected chi connectivity index (χ1v) is 6.16. The Bertz CT molecular complexity index is 224. The minimum Gasteiger partial charge on any atom is -0.392 e. The first-order valence-electron chi connectivity index (χ1n) is 6.16. The lowest BCUT2D eigenvalue weighted by Crippen LogP contribution is -2.70. The number of rotatable bonds is 2. The van der Waals surface area contributed by atoms with Gasteiger partial charge < -0.3 is 15.3 Å². The summed E-state index contributed by atoms with van der Waals surface area (Å²) >= 11 is 0. The third-order valence-electron chi connectivity index (χ3n) is 4.69. The van der Waals surface area contributed by atoms with E-state index < -0.39 is 0 Å². The average molecular weight is 212 g/mol. The van der Waals surface area contributed by atoms with Gasteiger partial charge in [0.1, 0.15) is 0 Å². The molecule has 15 heavy (non-hydrogen) atoms. The van der Waals surface area contributed by atoms with Crippen molar-refractivity contribution in [1.29, 1.82) is 0 Å². The lowest BCUT2D eigenvalue weighted by molar-refractivity contribution is -0.154. The van der Waals surface area contributed by atoms with E-state index in [1.165, 1.54) is 0 Å². The van der Waals surface area contributed by atoms with Gasteiger partial charge in [-0.15, -0.1) is 0 Å². The summed E-state index contributed by atoms with van der Waals surface area (Å²) in [7, 11) is 2.19. The number of aliphatic hydroxyl groups is 1. The number of likely N-dealkylation sites (tertiary alicyclic amines) is 1. The smallest absolute Gasteiger partial charge is 0.0701 e. The van der Waals surface area contributed by atoms with Crippen LogP contribution < -0.4 is 5.32 Å². The molecule has 2 rings (SSSR count). The second-order valence-corrected chi connectivity index (χ2v) is 5.61. The van der Waals surface area contributed by atoms with Crippen molar-refractivity contribution in [2.45, 2.75) is 32.8 Å². The van der Waals surface area contributed by atoms with Crippen LogP contribution in [-0.2, 0) is 0 Å². The predicted molar refractivity (Wildman–Crippen MR) is 61.8 cm³/mol. The molecule has 3 heteroatoms. The molecule has 2 fully saturated rings. The van der Waals surface area contributed by atoms with E-state index in [-0.39, 0.29) is 16.9 Å². The van der Waals surface area contributed by atoms with Gasteiger partial charge in [0.2, 0.25) is 0 Å². The molecule has 0 saturated carbocycles. The van der Waals surface area contributed by atoms with E-state index in [1.807, 2.05) is 0 Å². The highest BCUT2D eigenvalue weighted by Gasteiger charge is 2.55. The van der Waals surface area contributed by atoms with E-state index in [4.69, 9.17) is 0 Å². The van der Waals surface area contributed by atoms with Gasteiger partial charge in [-0.3, -0.25) is 0 Å². The first-order chi connectivity index (χ1) is 7.08. The van der Waals surface area contributed by atoms with Gasteiger partial charge in [0.25, 0.3) is 0 Å². The SMILES string of the molecule is CCC12CNCC(CC)(CN(C)C1)C2O. The number of hydrogen-bond donors (Lipinski definition) is 2. The van der Waals surface area contributed by atoms with E-state index in [1.54, 1.807) is 0 Å². The molecule has 0 aliphatic carbocycles. The van der Waals surface area contributed by atoms with Crippen molar-refractivity contribution in [3.05, 3.63) is 0 Å². The van der Waals surface area contributed by atoms with Crippen LogP contribution in [0.15, 0.2) is 0 Å². The standard InChI is InChI=1S/C12H24N2O/c1-4-11-6-13-7-12(5-2,10(11)15)9-14(3)8-11/h10,13,15H,4-9H2,1-3H3. The zero-order chi connectivity index (χ0) is 11.1. The number of aliphatic hydroxyl groups excluding tert-OH is 1. The third kappa shape index (κ3) is 1.52. The van der Waals surface area contributed by atoms with Crippen LogP contribution in [0.2, 0.25) is 0 Å². The summed E-state index contributed by atoms with van der Waals surface area (Å²) < 4.78 is 0. The highest BCUT2D eigenvalue weighted by Crippen LogP contribution is 2.46. The maximum absolute atomic E-state index is 10.6. The van der Waals surface area contributed by atoms with Crippen LogP contribution in [0.3, 0.4) is 0 Å². The van der Waals surface area contributed by atoms with Crippen molar-refractivity contribution in [1.82, 2.24) is 10.2 Å². The molecule has 2 heterocycles. The fourth-order valence-electron chi connectivity index (χ4n) is 3.68. The largest absolute Gasteiger partial charge is 0.392 e. The summed E-state index contributed by atoms with van der Waals surface area (Å²) in [5.41, 5.74) is 0.169. The molecule has 2 saturated heterocycles. The lowest BCUT2D eigenvalue weighted by atomic mass is 9.60. The summed E-state index contributed by atoms with van der Waals surface area (Å²) in [5, 5.41) is 14.2. The molecule has 2 aliphatic rings. The Hall–Kier alpha value is -0.120. The summed E-state index contributed by atoms with van der Waals surface area (Å²) in [6, 6.07) is 0. The molecule has 2 bridgehead atoms. The Morgan fingerprint density at radius 1 is 1.20 bits per heavy atom. The number of fused-ring (bicyclic) bond motifs is 2. The Balaban J connectivity index is 2.33. The van der Waals surface area contributed by atoms with Gasteiger partial charge in [-0.2, -0.15) is 0 Å². The normalized spacial score (nSPS) is 46.8. The summed E-state index contributed by atoms with van der Waals surface area (Å²) in [6.45, 7) is 8.40. The molecule has 2 atom stereocenters. The Morgan fingerprint density at radius 3 is 2.07 bits per heavy atom. The fourth-order valence-corrected chi connectivity index (χ4v) is 3.68. The van der Waals surface area contributed by atoms with Gasteiger partial charge in [-0.1, -0.05) is 13.8 Å². The molecular formula is C12H24N2O. The van der Waals surface area contributed by atoms with Crippen LogP contribution in [0.1, 0.15) is 26.7 Å². The molecule has 0 radical (unpaired) electrons. The molecule has 88 valence electrons. The summed E-state index contributed by atoms with van der Waals surface area (Å²) in [5.74, 6) is 0. The van der Waals surface area contributed by atoms with E-state index in [0.717, 1.165) is 39.0 Å². The van der Waals surface area contributed by atoms with Crippen LogP contribution in [0, 0.1) is 10.8 Å². The summed E-state index contributed by atoms with van der Waals surface area (Å²) in [4.78, 5) is 2.40. The molecular weight excluding hydrogens is 188 g/mol. The molecule has 0 amide bonds. The minimum absolute atomic E-state index is 0.0846. The predicted octanol–water partition coefficient (Wildman–Crippen LogP) is 0.689. The Morgan fingerprint density at radius 2 is 1.67 bits per heavy atom.